The molecule has 4 heterocycles. The van der Waals surface area contributed by atoms with Crippen LogP contribution in [0, 0.1) is 13.8 Å². The first-order chi connectivity index (χ1) is 15.5. The number of aromatic nitrogens is 4. The van der Waals surface area contributed by atoms with Crippen LogP contribution in [0.25, 0.3) is 33.3 Å². The number of nitrogens with zero attached hydrogens (tertiary/aromatic N) is 3. The number of amides is 1. The van der Waals surface area contributed by atoms with Crippen molar-refractivity contribution in [1.82, 2.24) is 25.1 Å². The van der Waals surface area contributed by atoms with Crippen LogP contribution in [0.4, 0.5) is 0 Å². The summed E-state index contributed by atoms with van der Waals surface area (Å²) in [5, 5.41) is 8.98. The molecule has 6 heteroatoms. The average Bonchev–Trinajstić information content (AvgIpc) is 3.41. The lowest BCUT2D eigenvalue weighted by atomic mass is 9.77. The van der Waals surface area contributed by atoms with E-state index in [1.807, 2.05) is 37.1 Å². The first kappa shape index (κ1) is 19.3. The number of carbonyl (C=O) groups excluding carboxylic acids is 1. The number of nitrogens with one attached hydrogen (secondary N) is 2. The average molecular weight is 426 g/mol. The van der Waals surface area contributed by atoms with E-state index < -0.39 is 0 Å². The Morgan fingerprint density at radius 2 is 1.84 bits per heavy atom. The van der Waals surface area contributed by atoms with Crippen molar-refractivity contribution >= 4 is 16.9 Å². The third-order valence-corrected chi connectivity index (χ3v) is 7.48. The predicted molar refractivity (Wildman–Crippen MR) is 125 cm³/mol. The second-order valence-electron chi connectivity index (χ2n) is 9.35. The Hall–Kier alpha value is -3.41. The number of benzene rings is 1. The zero-order valence-electron chi connectivity index (χ0n) is 18.7. The second-order valence-corrected chi connectivity index (χ2v) is 9.35. The molecule has 1 aliphatic heterocycles. The Bertz CT molecular complexity index is 1390. The van der Waals surface area contributed by atoms with Crippen LogP contribution < -0.4 is 5.32 Å². The van der Waals surface area contributed by atoms with Gasteiger partial charge >= 0.3 is 0 Å². The largest absolute Gasteiger partial charge is 0.346 e. The van der Waals surface area contributed by atoms with Crippen molar-refractivity contribution in [3.05, 3.63) is 59.2 Å². The highest BCUT2D eigenvalue weighted by Gasteiger charge is 2.43. The topological polar surface area (TPSA) is 75.6 Å². The van der Waals surface area contributed by atoms with Crippen molar-refractivity contribution < 1.29 is 4.79 Å². The third-order valence-electron chi connectivity index (χ3n) is 7.48. The Labute approximate surface area is 187 Å². The molecule has 2 N–H and O–H groups in total. The van der Waals surface area contributed by atoms with E-state index in [9.17, 15) is 4.79 Å². The Balaban J connectivity index is 1.50. The van der Waals surface area contributed by atoms with Gasteiger partial charge in [-0.25, -0.2) is 4.98 Å². The number of hydrogen-bond acceptors (Lipinski definition) is 3. The summed E-state index contributed by atoms with van der Waals surface area (Å²) < 4.78 is 1.92. The molecule has 1 fully saturated rings. The zero-order chi connectivity index (χ0) is 22.0. The van der Waals surface area contributed by atoms with Gasteiger partial charge in [0.1, 0.15) is 5.65 Å². The maximum atomic E-state index is 12.7. The zero-order valence-corrected chi connectivity index (χ0v) is 18.7. The number of carbonyl (C=O) groups is 1. The summed E-state index contributed by atoms with van der Waals surface area (Å²) in [5.74, 6) is 0.0684. The Morgan fingerprint density at radius 1 is 1.03 bits per heavy atom. The Kier molecular flexibility index (Phi) is 4.09. The smallest absolute Gasteiger partial charge is 0.252 e. The minimum absolute atomic E-state index is 0.0684. The number of fused-ring (bicyclic) bond motifs is 3. The van der Waals surface area contributed by atoms with Crippen molar-refractivity contribution in [2.75, 3.05) is 0 Å². The molecule has 1 aromatic carbocycles. The second kappa shape index (κ2) is 6.79. The summed E-state index contributed by atoms with van der Waals surface area (Å²) in [7, 11) is 1.97. The maximum Gasteiger partial charge on any atom is 0.252 e. The van der Waals surface area contributed by atoms with Crippen LogP contribution in [0.2, 0.25) is 0 Å². The summed E-state index contributed by atoms with van der Waals surface area (Å²) in [6.45, 7) is 4.13. The van der Waals surface area contributed by atoms with Crippen molar-refractivity contribution in [3.63, 3.8) is 0 Å². The molecule has 0 unspecified atom stereocenters. The molecular formula is C26H27N5O. The van der Waals surface area contributed by atoms with Gasteiger partial charge in [-0.05, 0) is 56.0 Å². The predicted octanol–water partition coefficient (Wildman–Crippen LogP) is 5.15. The molecule has 1 saturated carbocycles. The summed E-state index contributed by atoms with van der Waals surface area (Å²) in [6, 6.07) is 8.50. The van der Waals surface area contributed by atoms with Gasteiger partial charge in [-0.15, -0.1) is 0 Å². The minimum Gasteiger partial charge on any atom is -0.346 e. The van der Waals surface area contributed by atoms with E-state index in [2.05, 4.69) is 40.5 Å². The molecule has 162 valence electrons. The molecular weight excluding hydrogens is 398 g/mol. The van der Waals surface area contributed by atoms with Gasteiger partial charge < -0.3 is 10.3 Å². The molecule has 0 radical (unpaired) electrons. The number of pyridine rings is 1. The molecule has 6 rings (SSSR count). The van der Waals surface area contributed by atoms with Gasteiger partial charge in [-0.3, -0.25) is 9.48 Å². The van der Waals surface area contributed by atoms with E-state index >= 15 is 0 Å². The highest BCUT2D eigenvalue weighted by Crippen LogP contribution is 2.44. The lowest BCUT2D eigenvalue weighted by Gasteiger charge is -2.34. The molecule has 0 saturated heterocycles. The fourth-order valence-electron chi connectivity index (χ4n) is 5.78. The molecule has 1 spiro atoms. The van der Waals surface area contributed by atoms with E-state index in [-0.39, 0.29) is 11.4 Å². The third kappa shape index (κ3) is 2.68. The maximum absolute atomic E-state index is 12.7. The molecule has 3 aromatic heterocycles. The van der Waals surface area contributed by atoms with Crippen LogP contribution >= 0.6 is 0 Å². The Morgan fingerprint density at radius 3 is 2.59 bits per heavy atom. The lowest BCUT2D eigenvalue weighted by Crippen LogP contribution is -2.40. The van der Waals surface area contributed by atoms with Crippen molar-refractivity contribution in [3.8, 4) is 22.3 Å². The van der Waals surface area contributed by atoms with Gasteiger partial charge in [0.25, 0.3) is 5.91 Å². The first-order valence-corrected chi connectivity index (χ1v) is 11.4. The van der Waals surface area contributed by atoms with Crippen LogP contribution in [0.3, 0.4) is 0 Å². The van der Waals surface area contributed by atoms with Gasteiger partial charge in [-0.2, -0.15) is 5.10 Å². The minimum atomic E-state index is -0.194. The van der Waals surface area contributed by atoms with Gasteiger partial charge in [0.2, 0.25) is 0 Å². The number of rotatable bonds is 2. The lowest BCUT2D eigenvalue weighted by molar-refractivity contribution is 0.0909. The van der Waals surface area contributed by atoms with Crippen LogP contribution in [0.5, 0.6) is 0 Å². The number of H-pyrrole nitrogens is 1. The van der Waals surface area contributed by atoms with E-state index in [0.717, 1.165) is 81.5 Å². The number of aryl methyl sites for hydroxylation is 2. The van der Waals surface area contributed by atoms with E-state index in [1.165, 1.54) is 6.42 Å². The highest BCUT2D eigenvalue weighted by atomic mass is 16.2. The van der Waals surface area contributed by atoms with Gasteiger partial charge in [-0.1, -0.05) is 25.3 Å². The molecule has 32 heavy (non-hydrogen) atoms. The number of aromatic amines is 1. The van der Waals surface area contributed by atoms with Crippen molar-refractivity contribution in [1.29, 1.82) is 0 Å². The van der Waals surface area contributed by atoms with Crippen LogP contribution in [0.15, 0.2) is 36.7 Å². The van der Waals surface area contributed by atoms with Crippen LogP contribution in [0.1, 0.15) is 59.4 Å². The normalized spacial score (nSPS) is 17.2. The monoisotopic (exact) mass is 425 g/mol. The molecule has 0 bridgehead atoms. The first-order valence-electron chi connectivity index (χ1n) is 11.4. The van der Waals surface area contributed by atoms with Gasteiger partial charge in [0.05, 0.1) is 11.2 Å². The quantitative estimate of drug-likeness (QED) is 0.466. The van der Waals surface area contributed by atoms with Crippen LogP contribution in [-0.2, 0) is 12.6 Å². The molecule has 2 aliphatic rings. The fourth-order valence-corrected chi connectivity index (χ4v) is 5.78. The highest BCUT2D eigenvalue weighted by molar-refractivity contribution is 6.02. The molecule has 1 aliphatic carbocycles. The summed E-state index contributed by atoms with van der Waals surface area (Å²) in [5.41, 5.74) is 9.24. The summed E-state index contributed by atoms with van der Waals surface area (Å²) in [6.07, 6.45) is 9.56. The SMILES string of the molecule is Cc1nn(C)c(C)c1-c1cnc2[nH]cc(-c3ccc4c(c3)C3(CCCCC3)NC4=O)c2c1. The van der Waals surface area contributed by atoms with Crippen molar-refractivity contribution in [2.45, 2.75) is 51.5 Å². The molecule has 6 nitrogen and oxygen atoms in total. The van der Waals surface area contributed by atoms with E-state index in [1.54, 1.807) is 0 Å². The standard InChI is InChI=1S/C26H27N5O/c1-15-23(16(2)31(3)30-15)18-11-20-21(14-28-24(20)27-13-18)17-7-8-19-22(12-17)26(29-25(19)32)9-5-4-6-10-26/h7-8,11-14H,4-6,9-10H2,1-3H3,(H,27,28)(H,29,32). The molecule has 1 amide bonds. The molecule has 0 atom stereocenters. The van der Waals surface area contributed by atoms with Gasteiger partial charge in [0, 0.05) is 52.8 Å². The van der Waals surface area contributed by atoms with Gasteiger partial charge in [0.15, 0.2) is 0 Å². The number of hydrogen-bond donors (Lipinski definition) is 2. The van der Waals surface area contributed by atoms with E-state index in [4.69, 9.17) is 4.98 Å². The van der Waals surface area contributed by atoms with Crippen LogP contribution in [-0.4, -0.2) is 25.7 Å². The summed E-state index contributed by atoms with van der Waals surface area (Å²) >= 11 is 0. The van der Waals surface area contributed by atoms with E-state index in [0.29, 0.717) is 0 Å². The molecule has 4 aromatic rings. The fraction of sp³-hybridized carbons (Fsp3) is 0.346. The summed E-state index contributed by atoms with van der Waals surface area (Å²) in [4.78, 5) is 20.7. The van der Waals surface area contributed by atoms with Crippen molar-refractivity contribution in [2.24, 2.45) is 7.05 Å².